The van der Waals surface area contributed by atoms with E-state index in [9.17, 15) is 19.2 Å². The lowest BCUT2D eigenvalue weighted by Crippen LogP contribution is -2.52. The van der Waals surface area contributed by atoms with Crippen LogP contribution in [0.3, 0.4) is 0 Å². The van der Waals surface area contributed by atoms with Crippen molar-refractivity contribution in [3.63, 3.8) is 0 Å². The fraction of sp³-hybridized carbons (Fsp3) is 0.273. The zero-order valence-electron chi connectivity index (χ0n) is 16.6. The van der Waals surface area contributed by atoms with Gasteiger partial charge in [0.15, 0.2) is 0 Å². The second-order valence-electron chi connectivity index (χ2n) is 7.50. The van der Waals surface area contributed by atoms with Gasteiger partial charge in [-0.3, -0.25) is 29.7 Å². The van der Waals surface area contributed by atoms with Gasteiger partial charge in [-0.2, -0.15) is 0 Å². The van der Waals surface area contributed by atoms with Crippen molar-refractivity contribution in [2.75, 3.05) is 0 Å². The van der Waals surface area contributed by atoms with Crippen molar-refractivity contribution in [2.45, 2.75) is 38.5 Å². The maximum Gasteiger partial charge on any atom is 0.255 e. The number of hydroxylamine groups is 1. The van der Waals surface area contributed by atoms with Crippen molar-refractivity contribution in [1.82, 2.24) is 15.7 Å². The summed E-state index contributed by atoms with van der Waals surface area (Å²) in [6.07, 6.45) is 0.583. The summed E-state index contributed by atoms with van der Waals surface area (Å²) in [6, 6.07) is 11.7. The van der Waals surface area contributed by atoms with Gasteiger partial charge < -0.3 is 9.64 Å². The molecule has 2 aromatic rings. The second-order valence-corrected chi connectivity index (χ2v) is 7.50. The molecule has 3 N–H and O–H groups in total. The number of imide groups is 1. The van der Waals surface area contributed by atoms with Crippen LogP contribution in [0.25, 0.3) is 0 Å². The Balaban J connectivity index is 1.45. The lowest BCUT2D eigenvalue weighted by atomic mass is 10.0. The molecule has 2 aliphatic rings. The zero-order valence-corrected chi connectivity index (χ0v) is 16.6. The summed E-state index contributed by atoms with van der Waals surface area (Å²) in [5, 5.41) is 10.9. The number of fused-ring (bicyclic) bond motifs is 1. The monoisotopic (exact) mass is 423 g/mol. The molecular formula is C22H21N3O6. The second kappa shape index (κ2) is 8.57. The Morgan fingerprint density at radius 1 is 1.13 bits per heavy atom. The van der Waals surface area contributed by atoms with Gasteiger partial charge in [-0.1, -0.05) is 30.3 Å². The molecule has 0 aromatic heterocycles. The van der Waals surface area contributed by atoms with Gasteiger partial charge in [0, 0.05) is 17.5 Å². The minimum Gasteiger partial charge on any atom is -0.489 e. The number of hydrogen-bond donors (Lipinski definition) is 3. The van der Waals surface area contributed by atoms with E-state index in [4.69, 9.17) is 9.94 Å². The number of rotatable bonds is 6. The minimum atomic E-state index is -0.672. The van der Waals surface area contributed by atoms with E-state index in [0.29, 0.717) is 23.3 Å². The summed E-state index contributed by atoms with van der Waals surface area (Å²) in [7, 11) is 0. The van der Waals surface area contributed by atoms with Crippen LogP contribution in [-0.2, 0) is 34.0 Å². The first-order valence-electron chi connectivity index (χ1n) is 9.86. The molecule has 2 aromatic carbocycles. The summed E-state index contributed by atoms with van der Waals surface area (Å²) >= 11 is 0. The number of hydrogen-bond acceptors (Lipinski definition) is 6. The van der Waals surface area contributed by atoms with Crippen molar-refractivity contribution in [2.24, 2.45) is 0 Å². The van der Waals surface area contributed by atoms with Crippen LogP contribution in [0.5, 0.6) is 5.75 Å². The summed E-state index contributed by atoms with van der Waals surface area (Å²) < 4.78 is 5.95. The van der Waals surface area contributed by atoms with Crippen molar-refractivity contribution >= 4 is 23.6 Å². The lowest BCUT2D eigenvalue weighted by molar-refractivity contribution is -0.137. The molecule has 1 atom stereocenters. The van der Waals surface area contributed by atoms with Gasteiger partial charge in [0.1, 0.15) is 18.4 Å². The van der Waals surface area contributed by atoms with Gasteiger partial charge in [0.25, 0.3) is 5.91 Å². The van der Waals surface area contributed by atoms with Crippen molar-refractivity contribution in [1.29, 1.82) is 0 Å². The average molecular weight is 423 g/mol. The number of nitrogens with one attached hydrogen (secondary N) is 2. The number of amides is 4. The number of carbonyl (C=O) groups excluding carboxylic acids is 4. The maximum absolute atomic E-state index is 12.9. The lowest BCUT2D eigenvalue weighted by Gasteiger charge is -2.29. The molecule has 0 radical (unpaired) electrons. The summed E-state index contributed by atoms with van der Waals surface area (Å²) in [5.74, 6) is -0.952. The first kappa shape index (κ1) is 20.5. The topological polar surface area (TPSA) is 125 Å². The van der Waals surface area contributed by atoms with Crippen LogP contribution in [-0.4, -0.2) is 39.8 Å². The third kappa shape index (κ3) is 4.26. The third-order valence-electron chi connectivity index (χ3n) is 5.45. The van der Waals surface area contributed by atoms with E-state index < -0.39 is 17.9 Å². The highest BCUT2D eigenvalue weighted by atomic mass is 16.5. The summed E-state index contributed by atoms with van der Waals surface area (Å²) in [5.41, 5.74) is 4.43. The molecule has 9 heteroatoms. The Morgan fingerprint density at radius 3 is 2.58 bits per heavy atom. The van der Waals surface area contributed by atoms with E-state index >= 15 is 0 Å². The van der Waals surface area contributed by atoms with Crippen molar-refractivity contribution < 1.29 is 29.1 Å². The molecule has 1 fully saturated rings. The van der Waals surface area contributed by atoms with Gasteiger partial charge in [0.05, 0.1) is 13.0 Å². The van der Waals surface area contributed by atoms with Crippen LogP contribution in [0.1, 0.15) is 39.9 Å². The van der Waals surface area contributed by atoms with E-state index in [2.05, 4.69) is 5.32 Å². The highest BCUT2D eigenvalue weighted by Crippen LogP contribution is 2.33. The molecular weight excluding hydrogens is 402 g/mol. The van der Waals surface area contributed by atoms with E-state index in [1.54, 1.807) is 35.8 Å². The van der Waals surface area contributed by atoms with Crippen LogP contribution in [0.2, 0.25) is 0 Å². The number of piperidine rings is 1. The molecule has 4 amide bonds. The van der Waals surface area contributed by atoms with E-state index in [-0.39, 0.29) is 37.8 Å². The standard InChI is InChI=1S/C22H21N3O6/c26-19-9-8-17(21(28)23-19)25-11-16-15(22(25)29)2-1-3-18(16)31-12-14-6-4-13(5-7-14)10-20(27)24-30/h1-7,17,30H,8-12H2,(H,24,27)(H,23,26,28). The molecule has 31 heavy (non-hydrogen) atoms. The van der Waals surface area contributed by atoms with Crippen LogP contribution < -0.4 is 15.5 Å². The fourth-order valence-corrected chi connectivity index (χ4v) is 3.83. The number of ether oxygens (including phenoxy) is 1. The normalized spacial score (nSPS) is 17.9. The third-order valence-corrected chi connectivity index (χ3v) is 5.45. The van der Waals surface area contributed by atoms with E-state index in [1.807, 2.05) is 12.1 Å². The predicted octanol–water partition coefficient (Wildman–Crippen LogP) is 1.07. The number of benzene rings is 2. The van der Waals surface area contributed by atoms with Crippen LogP contribution >= 0.6 is 0 Å². The quantitative estimate of drug-likeness (QED) is 0.363. The van der Waals surface area contributed by atoms with Gasteiger partial charge in [-0.05, 0) is 29.7 Å². The van der Waals surface area contributed by atoms with E-state index in [0.717, 1.165) is 11.1 Å². The smallest absolute Gasteiger partial charge is 0.255 e. The van der Waals surface area contributed by atoms with Crippen molar-refractivity contribution in [3.05, 3.63) is 64.7 Å². The molecule has 0 saturated carbocycles. The van der Waals surface area contributed by atoms with Crippen molar-refractivity contribution in [3.8, 4) is 5.75 Å². The molecule has 0 bridgehead atoms. The van der Waals surface area contributed by atoms with Gasteiger partial charge in [0.2, 0.25) is 17.7 Å². The molecule has 1 saturated heterocycles. The van der Waals surface area contributed by atoms with E-state index in [1.165, 1.54) is 4.90 Å². The Hall–Kier alpha value is -3.72. The summed E-state index contributed by atoms with van der Waals surface area (Å²) in [6.45, 7) is 0.501. The molecule has 2 aliphatic heterocycles. The number of carbonyl (C=O) groups is 4. The number of nitrogens with zero attached hydrogens (tertiary/aromatic N) is 1. The largest absolute Gasteiger partial charge is 0.489 e. The average Bonchev–Trinajstić information content (AvgIpc) is 3.10. The van der Waals surface area contributed by atoms with Crippen LogP contribution in [0.4, 0.5) is 0 Å². The zero-order chi connectivity index (χ0) is 22.0. The van der Waals surface area contributed by atoms with Gasteiger partial charge in [-0.25, -0.2) is 5.48 Å². The first-order valence-corrected chi connectivity index (χ1v) is 9.86. The van der Waals surface area contributed by atoms with Gasteiger partial charge >= 0.3 is 0 Å². The molecule has 0 aliphatic carbocycles. The molecule has 1 unspecified atom stereocenters. The van der Waals surface area contributed by atoms with Crippen LogP contribution in [0, 0.1) is 0 Å². The Bertz CT molecular complexity index is 1050. The Labute approximate surface area is 177 Å². The first-order chi connectivity index (χ1) is 15.0. The van der Waals surface area contributed by atoms with Gasteiger partial charge in [-0.15, -0.1) is 0 Å². The predicted molar refractivity (Wildman–Crippen MR) is 107 cm³/mol. The fourth-order valence-electron chi connectivity index (χ4n) is 3.83. The molecule has 4 rings (SSSR count). The maximum atomic E-state index is 12.9. The Morgan fingerprint density at radius 2 is 1.87 bits per heavy atom. The Kier molecular flexibility index (Phi) is 5.68. The van der Waals surface area contributed by atoms with Crippen LogP contribution in [0.15, 0.2) is 42.5 Å². The highest BCUT2D eigenvalue weighted by molar-refractivity contribution is 6.05. The molecule has 2 heterocycles. The molecule has 160 valence electrons. The SMILES string of the molecule is O=C(Cc1ccc(COc2cccc3c2CN(C2CCC(=O)NC2=O)C3=O)cc1)NO. The summed E-state index contributed by atoms with van der Waals surface area (Å²) in [4.78, 5) is 49.2. The highest BCUT2D eigenvalue weighted by Gasteiger charge is 2.40. The molecule has 0 spiro atoms. The molecule has 9 nitrogen and oxygen atoms in total. The minimum absolute atomic E-state index is 0.0715.